The minimum absolute atomic E-state index is 0.162. The standard InChI is InChI=1S/C15H27N3O4Si/c1-13(2,3)15(14(4,5)22-23)9(19)8-11(21-15)18-7-6-10(16)17-12(18)20/h6-7,9,11,19H,8H2,1-5,23H3,(H2,16,17,20)/t9-,11+,15+/m0/s1. The van der Waals surface area contributed by atoms with Crippen molar-refractivity contribution in [3.8, 4) is 0 Å². The van der Waals surface area contributed by atoms with E-state index in [0.29, 0.717) is 10.5 Å². The highest BCUT2D eigenvalue weighted by Gasteiger charge is 2.64. The van der Waals surface area contributed by atoms with Crippen LogP contribution in [-0.4, -0.2) is 42.4 Å². The van der Waals surface area contributed by atoms with Gasteiger partial charge in [-0.25, -0.2) is 4.79 Å². The Labute approximate surface area is 139 Å². The molecule has 3 atom stereocenters. The molecule has 7 nitrogen and oxygen atoms in total. The van der Waals surface area contributed by atoms with E-state index >= 15 is 0 Å². The maximum atomic E-state index is 12.1. The Morgan fingerprint density at radius 3 is 2.57 bits per heavy atom. The lowest BCUT2D eigenvalue weighted by molar-refractivity contribution is -0.238. The molecule has 0 amide bonds. The number of nitrogens with two attached hydrogens (primary N) is 1. The van der Waals surface area contributed by atoms with Crippen LogP contribution in [0.2, 0.25) is 0 Å². The summed E-state index contributed by atoms with van der Waals surface area (Å²) in [5, 5.41) is 10.9. The van der Waals surface area contributed by atoms with Crippen LogP contribution in [0.1, 0.15) is 47.3 Å². The molecule has 2 rings (SSSR count). The number of nitrogens with zero attached hydrogens (tertiary/aromatic N) is 2. The van der Waals surface area contributed by atoms with Gasteiger partial charge >= 0.3 is 5.69 Å². The first-order valence-electron chi connectivity index (χ1n) is 7.72. The molecule has 0 bridgehead atoms. The molecule has 2 heterocycles. The van der Waals surface area contributed by atoms with E-state index < -0.39 is 34.6 Å². The van der Waals surface area contributed by atoms with Crippen molar-refractivity contribution >= 4 is 16.3 Å². The molecule has 1 aromatic rings. The zero-order chi connectivity index (χ0) is 17.6. The summed E-state index contributed by atoms with van der Waals surface area (Å²) in [4.78, 5) is 15.8. The minimum Gasteiger partial charge on any atom is -0.420 e. The maximum absolute atomic E-state index is 12.1. The van der Waals surface area contributed by atoms with Gasteiger partial charge in [-0.3, -0.25) is 4.57 Å². The molecule has 1 saturated heterocycles. The Balaban J connectivity index is 2.51. The van der Waals surface area contributed by atoms with E-state index in [4.69, 9.17) is 14.9 Å². The van der Waals surface area contributed by atoms with Gasteiger partial charge in [-0.05, 0) is 25.3 Å². The van der Waals surface area contributed by atoms with Gasteiger partial charge in [-0.1, -0.05) is 20.8 Å². The largest absolute Gasteiger partial charge is 0.420 e. The predicted molar refractivity (Wildman–Crippen MR) is 90.9 cm³/mol. The molecule has 23 heavy (non-hydrogen) atoms. The van der Waals surface area contributed by atoms with E-state index in [1.54, 1.807) is 12.3 Å². The molecule has 1 aliphatic heterocycles. The van der Waals surface area contributed by atoms with Crippen molar-refractivity contribution in [2.24, 2.45) is 5.41 Å². The third-order valence-corrected chi connectivity index (χ3v) is 5.92. The SMILES string of the molecule is CC(C)(C)[C@]1(C(C)(C)O[SiH3])O[C@@H](n2ccc(N)nc2=O)C[C@@H]1O. The second-order valence-corrected chi connectivity index (χ2v) is 7.97. The van der Waals surface area contributed by atoms with E-state index in [2.05, 4.69) is 4.98 Å². The van der Waals surface area contributed by atoms with Crippen LogP contribution in [0.5, 0.6) is 0 Å². The summed E-state index contributed by atoms with van der Waals surface area (Å²) in [6, 6.07) is 1.54. The summed E-state index contributed by atoms with van der Waals surface area (Å²) in [6.45, 7) is 9.85. The highest BCUT2D eigenvalue weighted by atomic mass is 28.2. The topological polar surface area (TPSA) is 99.6 Å². The van der Waals surface area contributed by atoms with Crippen LogP contribution in [0.3, 0.4) is 0 Å². The van der Waals surface area contributed by atoms with Crippen molar-refractivity contribution in [3.63, 3.8) is 0 Å². The zero-order valence-electron chi connectivity index (χ0n) is 14.7. The van der Waals surface area contributed by atoms with Gasteiger partial charge in [0.25, 0.3) is 0 Å². The van der Waals surface area contributed by atoms with Crippen molar-refractivity contribution in [1.82, 2.24) is 9.55 Å². The number of nitrogen functional groups attached to an aromatic ring is 1. The number of anilines is 1. The van der Waals surface area contributed by atoms with Crippen LogP contribution in [-0.2, 0) is 9.16 Å². The number of rotatable bonds is 3. The summed E-state index contributed by atoms with van der Waals surface area (Å²) in [5.41, 5.74) is 3.00. The van der Waals surface area contributed by atoms with E-state index in [1.807, 2.05) is 34.6 Å². The van der Waals surface area contributed by atoms with Crippen LogP contribution < -0.4 is 11.4 Å². The second-order valence-electron chi connectivity index (χ2n) is 7.57. The molecular formula is C15H27N3O4Si. The fraction of sp³-hybridized carbons (Fsp3) is 0.733. The summed E-state index contributed by atoms with van der Waals surface area (Å²) in [7, 11) is 0.512. The lowest BCUT2D eigenvalue weighted by atomic mass is 9.65. The number of hydrogen-bond donors (Lipinski definition) is 2. The molecule has 130 valence electrons. The Bertz CT molecular complexity index is 640. The van der Waals surface area contributed by atoms with Crippen molar-refractivity contribution in [2.45, 2.75) is 64.6 Å². The summed E-state index contributed by atoms with van der Waals surface area (Å²) in [5.74, 6) is 0.162. The highest BCUT2D eigenvalue weighted by Crippen LogP contribution is 2.53. The fourth-order valence-corrected chi connectivity index (χ4v) is 4.09. The van der Waals surface area contributed by atoms with Gasteiger partial charge in [-0.2, -0.15) is 4.98 Å². The lowest BCUT2D eigenvalue weighted by Crippen LogP contribution is -2.65. The summed E-state index contributed by atoms with van der Waals surface area (Å²) in [6.07, 6.45) is 0.453. The number of ether oxygens (including phenoxy) is 1. The van der Waals surface area contributed by atoms with Crippen molar-refractivity contribution in [2.75, 3.05) is 5.73 Å². The molecule has 3 N–H and O–H groups in total. The fourth-order valence-electron chi connectivity index (χ4n) is 3.79. The van der Waals surface area contributed by atoms with E-state index in [9.17, 15) is 9.90 Å². The van der Waals surface area contributed by atoms with Crippen LogP contribution in [0.4, 0.5) is 5.82 Å². The zero-order valence-corrected chi connectivity index (χ0v) is 16.7. The molecule has 0 radical (unpaired) electrons. The Morgan fingerprint density at radius 2 is 2.09 bits per heavy atom. The Kier molecular flexibility index (Phi) is 4.49. The van der Waals surface area contributed by atoms with Gasteiger partial charge in [0.1, 0.15) is 28.1 Å². The first kappa shape index (κ1) is 18.1. The molecule has 0 unspecified atom stereocenters. The van der Waals surface area contributed by atoms with Gasteiger partial charge < -0.3 is 20.0 Å². The third-order valence-electron chi connectivity index (χ3n) is 4.90. The average molecular weight is 341 g/mol. The smallest absolute Gasteiger partial charge is 0.351 e. The quantitative estimate of drug-likeness (QED) is 0.749. The number of aromatic nitrogens is 2. The van der Waals surface area contributed by atoms with Crippen molar-refractivity contribution in [1.29, 1.82) is 0 Å². The predicted octanol–water partition coefficient (Wildman–Crippen LogP) is -0.0342. The molecular weight excluding hydrogens is 314 g/mol. The third kappa shape index (κ3) is 2.73. The van der Waals surface area contributed by atoms with Crippen LogP contribution >= 0.6 is 0 Å². The molecule has 0 aliphatic carbocycles. The van der Waals surface area contributed by atoms with Gasteiger partial charge in [-0.15, -0.1) is 0 Å². The molecule has 8 heteroatoms. The van der Waals surface area contributed by atoms with Crippen LogP contribution in [0.15, 0.2) is 17.1 Å². The molecule has 0 saturated carbocycles. The lowest BCUT2D eigenvalue weighted by Gasteiger charge is -2.52. The summed E-state index contributed by atoms with van der Waals surface area (Å²) >= 11 is 0. The molecule has 0 aromatic carbocycles. The molecule has 1 aliphatic rings. The van der Waals surface area contributed by atoms with E-state index in [-0.39, 0.29) is 12.2 Å². The van der Waals surface area contributed by atoms with Crippen LogP contribution in [0, 0.1) is 5.41 Å². The highest BCUT2D eigenvalue weighted by molar-refractivity contribution is 5.98. The number of aliphatic hydroxyl groups is 1. The minimum atomic E-state index is -0.951. The van der Waals surface area contributed by atoms with E-state index in [1.165, 1.54) is 4.57 Å². The monoisotopic (exact) mass is 341 g/mol. The first-order chi connectivity index (χ1) is 10.5. The van der Waals surface area contributed by atoms with E-state index in [0.717, 1.165) is 0 Å². The van der Waals surface area contributed by atoms with Crippen LogP contribution in [0.25, 0.3) is 0 Å². The molecule has 1 aromatic heterocycles. The average Bonchev–Trinajstić information content (AvgIpc) is 2.77. The molecule has 0 spiro atoms. The van der Waals surface area contributed by atoms with Gasteiger partial charge in [0, 0.05) is 12.6 Å². The van der Waals surface area contributed by atoms with Crippen molar-refractivity contribution < 1.29 is 14.3 Å². The Hall–Kier alpha value is -1.22. The second kappa shape index (κ2) is 5.69. The van der Waals surface area contributed by atoms with Gasteiger partial charge in [0.2, 0.25) is 0 Å². The number of hydrogen-bond acceptors (Lipinski definition) is 6. The number of aliphatic hydroxyl groups excluding tert-OH is 1. The van der Waals surface area contributed by atoms with Crippen molar-refractivity contribution in [3.05, 3.63) is 22.7 Å². The van der Waals surface area contributed by atoms with Gasteiger partial charge in [0.15, 0.2) is 0 Å². The Morgan fingerprint density at radius 1 is 1.48 bits per heavy atom. The summed E-state index contributed by atoms with van der Waals surface area (Å²) < 4.78 is 13.5. The van der Waals surface area contributed by atoms with Gasteiger partial charge in [0.05, 0.1) is 11.7 Å². The first-order valence-corrected chi connectivity index (χ1v) is 8.53. The maximum Gasteiger partial charge on any atom is 0.351 e. The normalized spacial score (nSPS) is 29.1. The molecule has 1 fully saturated rings.